The predicted molar refractivity (Wildman–Crippen MR) is 249 cm³/mol. The van der Waals surface area contributed by atoms with Gasteiger partial charge in [-0.3, -0.25) is 0 Å². The highest BCUT2D eigenvalue weighted by Gasteiger charge is 2.42. The van der Waals surface area contributed by atoms with Crippen LogP contribution >= 0.6 is 11.3 Å². The third-order valence-electron chi connectivity index (χ3n) is 11.7. The molecule has 0 N–H and O–H groups in total. The van der Waals surface area contributed by atoms with Crippen molar-refractivity contribution in [2.24, 2.45) is 5.92 Å². The Bertz CT molecular complexity index is 774. The number of rotatable bonds is 46. The van der Waals surface area contributed by atoms with E-state index in [9.17, 15) is 0 Å². The van der Waals surface area contributed by atoms with E-state index in [0.717, 1.165) is 51.5 Å². The molecular formula is C50H98O3SSi. The summed E-state index contributed by atoms with van der Waals surface area (Å²) in [6, 6.07) is 5.42. The molecule has 0 fully saturated rings. The Kier molecular flexibility index (Phi) is 40.3. The van der Waals surface area contributed by atoms with Crippen LogP contribution in [0.1, 0.15) is 264 Å². The molecule has 1 unspecified atom stereocenters. The van der Waals surface area contributed by atoms with Gasteiger partial charge in [0, 0.05) is 30.7 Å². The van der Waals surface area contributed by atoms with Crippen LogP contribution in [0.15, 0.2) is 17.5 Å². The van der Waals surface area contributed by atoms with Crippen LogP contribution in [0.5, 0.6) is 0 Å². The third-order valence-corrected chi connectivity index (χ3v) is 15.7. The molecule has 3 nitrogen and oxygen atoms in total. The summed E-state index contributed by atoms with van der Waals surface area (Å²) in [6.45, 7) is 11.7. The number of thiophene rings is 1. The highest BCUT2D eigenvalue weighted by molar-refractivity contribution is 7.09. The van der Waals surface area contributed by atoms with Crippen LogP contribution in [0.4, 0.5) is 0 Å². The summed E-state index contributed by atoms with van der Waals surface area (Å²) >= 11 is 1.88. The average molecular weight is 807 g/mol. The Balaban J connectivity index is 2.57. The Morgan fingerprint density at radius 3 is 0.945 bits per heavy atom. The van der Waals surface area contributed by atoms with Gasteiger partial charge in [0.15, 0.2) is 0 Å². The normalized spacial score (nSPS) is 12.6. The zero-order valence-corrected chi connectivity index (χ0v) is 39.8. The van der Waals surface area contributed by atoms with E-state index in [4.69, 9.17) is 13.3 Å². The van der Waals surface area contributed by atoms with Gasteiger partial charge in [0.1, 0.15) is 0 Å². The van der Waals surface area contributed by atoms with E-state index in [1.807, 2.05) is 11.3 Å². The summed E-state index contributed by atoms with van der Waals surface area (Å²) in [5.41, 5.74) is 0. The molecule has 1 rings (SSSR count). The molecule has 326 valence electrons. The fraction of sp³-hybridized carbons (Fsp3) is 0.920. The van der Waals surface area contributed by atoms with Crippen LogP contribution in [0, 0.1) is 5.92 Å². The number of hydrogen-bond acceptors (Lipinski definition) is 4. The van der Waals surface area contributed by atoms with E-state index >= 15 is 0 Å². The van der Waals surface area contributed by atoms with Crippen LogP contribution in [0.3, 0.4) is 0 Å². The molecule has 0 bridgehead atoms. The molecule has 1 aromatic rings. The van der Waals surface area contributed by atoms with Crippen LogP contribution < -0.4 is 0 Å². The van der Waals surface area contributed by atoms with Crippen molar-refractivity contribution in [3.8, 4) is 0 Å². The van der Waals surface area contributed by atoms with Gasteiger partial charge >= 0.3 is 8.80 Å². The van der Waals surface area contributed by atoms with Crippen LogP contribution in [-0.2, 0) is 19.7 Å². The summed E-state index contributed by atoms with van der Waals surface area (Å²) < 4.78 is 20.8. The first-order chi connectivity index (χ1) is 27.2. The van der Waals surface area contributed by atoms with Gasteiger partial charge in [-0.2, -0.15) is 0 Å². The van der Waals surface area contributed by atoms with Crippen molar-refractivity contribution in [3.63, 3.8) is 0 Å². The molecule has 1 aromatic heterocycles. The number of unbranched alkanes of at least 4 members (excludes halogenated alkanes) is 33. The van der Waals surface area contributed by atoms with E-state index in [2.05, 4.69) is 45.2 Å². The second kappa shape index (κ2) is 41.9. The Labute approximate surface area is 351 Å². The van der Waals surface area contributed by atoms with Gasteiger partial charge in [0.05, 0.1) is 0 Å². The first-order valence-electron chi connectivity index (χ1n) is 25.1. The van der Waals surface area contributed by atoms with Gasteiger partial charge < -0.3 is 13.3 Å². The molecular weight excluding hydrogens is 709 g/mol. The van der Waals surface area contributed by atoms with E-state index in [1.165, 1.54) is 217 Å². The lowest BCUT2D eigenvalue weighted by molar-refractivity contribution is 0.0519. The zero-order valence-electron chi connectivity index (χ0n) is 37.9. The van der Waals surface area contributed by atoms with Gasteiger partial charge in [0.2, 0.25) is 0 Å². The lowest BCUT2D eigenvalue weighted by Gasteiger charge is -2.32. The first-order valence-corrected chi connectivity index (χ1v) is 27.9. The molecule has 0 aliphatic carbocycles. The molecule has 1 heterocycles. The Morgan fingerprint density at radius 1 is 0.418 bits per heavy atom. The Hall–Kier alpha value is -0.203. The average Bonchev–Trinajstić information content (AvgIpc) is 3.70. The maximum atomic E-state index is 6.92. The lowest BCUT2D eigenvalue weighted by atomic mass is 10.1. The highest BCUT2D eigenvalue weighted by Crippen LogP contribution is 2.27. The standard InChI is InChI=1S/C50H98O3SSi/c1-5-8-11-14-17-20-23-26-29-32-35-38-43-51-55(48-49(4)47-50-42-41-46-54-50,52-44-39-36-33-30-27-24-21-18-15-12-9-6-2)53-45-40-37-34-31-28-25-22-19-16-13-10-7-3/h41-42,46,49H,5-40,43-45,47-48H2,1-4H3. The minimum Gasteiger partial charge on any atom is -0.373 e. The molecule has 0 aliphatic rings. The van der Waals surface area contributed by atoms with Gasteiger partial charge in [-0.15, -0.1) is 11.3 Å². The summed E-state index contributed by atoms with van der Waals surface area (Å²) in [5.74, 6) is 0.497. The van der Waals surface area contributed by atoms with E-state index in [1.54, 1.807) is 0 Å². The summed E-state index contributed by atoms with van der Waals surface area (Å²) in [6.07, 6.45) is 50.3. The second-order valence-corrected chi connectivity index (χ2v) is 21.2. The summed E-state index contributed by atoms with van der Waals surface area (Å²) in [4.78, 5) is 1.47. The van der Waals surface area contributed by atoms with Gasteiger partial charge in [0.25, 0.3) is 0 Å². The first kappa shape index (κ1) is 52.8. The molecule has 0 saturated heterocycles. The van der Waals surface area contributed by atoms with Gasteiger partial charge in [-0.25, -0.2) is 0 Å². The minimum atomic E-state index is -2.79. The predicted octanol–water partition coefficient (Wildman–Crippen LogP) is 18.0. The van der Waals surface area contributed by atoms with Crippen LogP contribution in [0.2, 0.25) is 6.04 Å². The van der Waals surface area contributed by atoms with Crippen molar-refractivity contribution in [1.29, 1.82) is 0 Å². The topological polar surface area (TPSA) is 27.7 Å². The third kappa shape index (κ3) is 35.5. The molecule has 0 amide bonds. The van der Waals surface area contributed by atoms with Gasteiger partial charge in [-0.1, -0.05) is 246 Å². The van der Waals surface area contributed by atoms with Crippen LogP contribution in [-0.4, -0.2) is 28.6 Å². The van der Waals surface area contributed by atoms with Crippen molar-refractivity contribution in [2.45, 2.75) is 271 Å². The summed E-state index contributed by atoms with van der Waals surface area (Å²) in [5, 5.41) is 2.21. The lowest BCUT2D eigenvalue weighted by Crippen LogP contribution is -2.48. The molecule has 1 atom stereocenters. The van der Waals surface area contributed by atoms with Crippen molar-refractivity contribution in [1.82, 2.24) is 0 Å². The quantitative estimate of drug-likeness (QED) is 0.0485. The van der Waals surface area contributed by atoms with E-state index in [0.29, 0.717) is 5.92 Å². The zero-order chi connectivity index (χ0) is 39.6. The molecule has 0 aliphatic heterocycles. The smallest absolute Gasteiger partial charge is 0.373 e. The largest absolute Gasteiger partial charge is 0.501 e. The molecule has 55 heavy (non-hydrogen) atoms. The van der Waals surface area contributed by atoms with Crippen molar-refractivity contribution < 1.29 is 13.3 Å². The summed E-state index contributed by atoms with van der Waals surface area (Å²) in [7, 11) is -2.79. The van der Waals surface area contributed by atoms with Crippen molar-refractivity contribution >= 4 is 20.1 Å². The minimum absolute atomic E-state index is 0.497. The van der Waals surface area contributed by atoms with Crippen molar-refractivity contribution in [2.75, 3.05) is 19.8 Å². The maximum Gasteiger partial charge on any atom is 0.501 e. The monoisotopic (exact) mass is 807 g/mol. The van der Waals surface area contributed by atoms with Crippen LogP contribution in [0.25, 0.3) is 0 Å². The highest BCUT2D eigenvalue weighted by atomic mass is 32.1. The maximum absolute atomic E-state index is 6.92. The van der Waals surface area contributed by atoms with E-state index < -0.39 is 8.80 Å². The fourth-order valence-electron chi connectivity index (χ4n) is 8.09. The van der Waals surface area contributed by atoms with E-state index in [-0.39, 0.29) is 0 Å². The molecule has 0 saturated carbocycles. The molecule has 0 spiro atoms. The van der Waals surface area contributed by atoms with Gasteiger partial charge in [-0.05, 0) is 43.0 Å². The molecule has 0 radical (unpaired) electrons. The molecule has 5 heteroatoms. The second-order valence-electron chi connectivity index (χ2n) is 17.5. The molecule has 0 aromatic carbocycles. The fourth-order valence-corrected chi connectivity index (χ4v) is 11.9. The number of hydrogen-bond donors (Lipinski definition) is 0. The SMILES string of the molecule is CCCCCCCCCCCCCCO[Si](CC(C)Cc1cccs1)(OCCCCCCCCCCCCCC)OCCCCCCCCCCCCCC. The van der Waals surface area contributed by atoms with Crippen molar-refractivity contribution in [3.05, 3.63) is 22.4 Å². The Morgan fingerprint density at radius 2 is 0.691 bits per heavy atom.